The fourth-order valence-corrected chi connectivity index (χ4v) is 1.88. The van der Waals surface area contributed by atoms with Crippen LogP contribution in [0.4, 0.5) is 0 Å². The van der Waals surface area contributed by atoms with E-state index < -0.39 is 0 Å². The van der Waals surface area contributed by atoms with E-state index in [1.54, 1.807) is 6.07 Å². The second-order valence-electron chi connectivity index (χ2n) is 3.65. The van der Waals surface area contributed by atoms with Crippen molar-refractivity contribution in [3.05, 3.63) is 54.9 Å². The minimum absolute atomic E-state index is 0.275. The molecule has 78 valence electrons. The summed E-state index contributed by atoms with van der Waals surface area (Å²) in [7, 11) is 0. The zero-order chi connectivity index (χ0) is 11.0. The zero-order valence-electron chi connectivity index (χ0n) is 8.59. The molecule has 1 aromatic heterocycles. The first-order chi connectivity index (χ1) is 7.86. The van der Waals surface area contributed by atoms with Gasteiger partial charge in [0.05, 0.1) is 0 Å². The Labute approximate surface area is 92.6 Å². The lowest BCUT2D eigenvalue weighted by atomic mass is 10.2. The van der Waals surface area contributed by atoms with Crippen LogP contribution in [-0.2, 0) is 0 Å². The molecule has 3 rings (SSSR count). The van der Waals surface area contributed by atoms with Crippen molar-refractivity contribution >= 4 is 11.0 Å². The number of phenols is 1. The van der Waals surface area contributed by atoms with Crippen molar-refractivity contribution in [2.24, 2.45) is 0 Å². The average Bonchev–Trinajstić information content (AvgIpc) is 2.74. The van der Waals surface area contributed by atoms with Gasteiger partial charge in [-0.2, -0.15) is 4.57 Å². The van der Waals surface area contributed by atoms with E-state index in [-0.39, 0.29) is 5.75 Å². The number of nitrogens with zero attached hydrogens (tertiary/aromatic N) is 1. The molecule has 0 unspecified atom stereocenters. The Morgan fingerprint density at radius 3 is 2.56 bits per heavy atom. The Kier molecular flexibility index (Phi) is 1.90. The molecule has 0 aliphatic rings. The molecule has 1 heterocycles. The highest BCUT2D eigenvalue weighted by atomic mass is 16.3. The molecule has 16 heavy (non-hydrogen) atoms. The van der Waals surface area contributed by atoms with Gasteiger partial charge in [0.2, 0.25) is 6.33 Å². The maximum Gasteiger partial charge on any atom is 0.247 e. The van der Waals surface area contributed by atoms with Crippen molar-refractivity contribution in [1.29, 1.82) is 0 Å². The summed E-state index contributed by atoms with van der Waals surface area (Å²) in [6, 6.07) is 15.3. The quantitative estimate of drug-likeness (QED) is 0.595. The molecule has 2 aromatic carbocycles. The highest BCUT2D eigenvalue weighted by Gasteiger charge is 2.13. The highest BCUT2D eigenvalue weighted by Crippen LogP contribution is 2.17. The molecule has 0 bridgehead atoms. The molecule has 0 aliphatic carbocycles. The number of aromatic amines is 1. The molecule has 0 saturated heterocycles. The molecule has 0 spiro atoms. The van der Waals surface area contributed by atoms with Crippen LogP contribution >= 0.6 is 0 Å². The van der Waals surface area contributed by atoms with Gasteiger partial charge in [0.15, 0.2) is 22.5 Å². The zero-order valence-corrected chi connectivity index (χ0v) is 8.59. The number of rotatable bonds is 1. The largest absolute Gasteiger partial charge is 0.504 e. The van der Waals surface area contributed by atoms with Crippen LogP contribution in [0, 0.1) is 0 Å². The number of aromatic nitrogens is 2. The fraction of sp³-hybridized carbons (Fsp3) is 0. The number of hydrogen-bond donors (Lipinski definition) is 2. The lowest BCUT2D eigenvalue weighted by Crippen LogP contribution is -2.28. The van der Waals surface area contributed by atoms with Gasteiger partial charge in [0.25, 0.3) is 0 Å². The van der Waals surface area contributed by atoms with Gasteiger partial charge >= 0.3 is 0 Å². The van der Waals surface area contributed by atoms with E-state index in [0.717, 1.165) is 16.7 Å². The topological polar surface area (TPSA) is 39.9 Å². The Morgan fingerprint density at radius 2 is 1.69 bits per heavy atom. The fourth-order valence-electron chi connectivity index (χ4n) is 1.88. The predicted octanol–water partition coefficient (Wildman–Crippen LogP) is 2.15. The first-order valence-electron chi connectivity index (χ1n) is 5.12. The molecule has 0 saturated carbocycles. The first kappa shape index (κ1) is 8.97. The summed E-state index contributed by atoms with van der Waals surface area (Å²) < 4.78 is 1.94. The van der Waals surface area contributed by atoms with E-state index in [9.17, 15) is 5.11 Å². The Morgan fingerprint density at radius 1 is 0.938 bits per heavy atom. The van der Waals surface area contributed by atoms with Gasteiger partial charge in [-0.25, -0.2) is 4.98 Å². The van der Waals surface area contributed by atoms with E-state index in [0.29, 0.717) is 0 Å². The van der Waals surface area contributed by atoms with Crippen molar-refractivity contribution < 1.29 is 9.67 Å². The van der Waals surface area contributed by atoms with E-state index >= 15 is 0 Å². The molecular formula is C13H11N2O+. The average molecular weight is 211 g/mol. The van der Waals surface area contributed by atoms with E-state index in [1.807, 2.05) is 53.4 Å². The van der Waals surface area contributed by atoms with Crippen molar-refractivity contribution in [2.45, 2.75) is 0 Å². The van der Waals surface area contributed by atoms with Crippen molar-refractivity contribution in [3.8, 4) is 11.4 Å². The van der Waals surface area contributed by atoms with Crippen LogP contribution in [0.5, 0.6) is 5.75 Å². The predicted molar refractivity (Wildman–Crippen MR) is 61.5 cm³/mol. The Hall–Kier alpha value is -2.29. The van der Waals surface area contributed by atoms with Crippen molar-refractivity contribution in [2.75, 3.05) is 0 Å². The summed E-state index contributed by atoms with van der Waals surface area (Å²) in [5.74, 6) is 0.275. The summed E-state index contributed by atoms with van der Waals surface area (Å²) in [6.07, 6.45) is 1.85. The third kappa shape index (κ3) is 1.26. The number of aromatic hydroxyl groups is 1. The Bertz CT molecular complexity index is 643. The van der Waals surface area contributed by atoms with Gasteiger partial charge in [0.1, 0.15) is 0 Å². The first-order valence-corrected chi connectivity index (χ1v) is 5.12. The molecule has 0 amide bonds. The van der Waals surface area contributed by atoms with Crippen LogP contribution in [0.15, 0.2) is 54.9 Å². The van der Waals surface area contributed by atoms with Crippen LogP contribution < -0.4 is 4.57 Å². The van der Waals surface area contributed by atoms with Crippen LogP contribution in [0.1, 0.15) is 0 Å². The number of para-hydroxylation sites is 4. The second kappa shape index (κ2) is 3.38. The Balaban J connectivity index is 2.31. The van der Waals surface area contributed by atoms with Gasteiger partial charge in [-0.15, -0.1) is 0 Å². The molecular weight excluding hydrogens is 200 g/mol. The SMILES string of the molecule is Oc1ccccc1-[n+]1c[nH]c2ccccc21. The molecule has 2 N–H and O–H groups in total. The number of imidazole rings is 1. The molecule has 0 aliphatic heterocycles. The van der Waals surface area contributed by atoms with Gasteiger partial charge in [0, 0.05) is 0 Å². The second-order valence-corrected chi connectivity index (χ2v) is 3.65. The number of phenolic OH excluding ortho intramolecular Hbond substituents is 1. The molecule has 3 nitrogen and oxygen atoms in total. The maximum atomic E-state index is 9.81. The summed E-state index contributed by atoms with van der Waals surface area (Å²) in [6.45, 7) is 0. The number of hydrogen-bond acceptors (Lipinski definition) is 1. The summed E-state index contributed by atoms with van der Waals surface area (Å²) in [5.41, 5.74) is 2.87. The number of benzene rings is 2. The molecule has 0 fully saturated rings. The van der Waals surface area contributed by atoms with Gasteiger partial charge in [-0.05, 0) is 24.3 Å². The third-order valence-electron chi connectivity index (χ3n) is 2.65. The maximum absolute atomic E-state index is 9.81. The molecule has 3 aromatic rings. The summed E-state index contributed by atoms with van der Waals surface area (Å²) >= 11 is 0. The van der Waals surface area contributed by atoms with Crippen LogP contribution in [0.2, 0.25) is 0 Å². The monoisotopic (exact) mass is 211 g/mol. The normalized spacial score (nSPS) is 10.8. The highest BCUT2D eigenvalue weighted by molar-refractivity contribution is 5.71. The number of fused-ring (bicyclic) bond motifs is 1. The standard InChI is InChI=1S/C13H10N2O/c16-13-8-4-3-7-12(13)15-9-14-10-5-1-2-6-11(10)15/h1-9,16H/p+1. The van der Waals surface area contributed by atoms with E-state index in [4.69, 9.17) is 0 Å². The summed E-state index contributed by atoms with van der Waals surface area (Å²) in [4.78, 5) is 3.17. The minimum atomic E-state index is 0.275. The lowest BCUT2D eigenvalue weighted by molar-refractivity contribution is -0.567. The molecule has 0 radical (unpaired) electrons. The van der Waals surface area contributed by atoms with Gasteiger partial charge in [-0.1, -0.05) is 24.3 Å². The smallest absolute Gasteiger partial charge is 0.247 e. The van der Waals surface area contributed by atoms with Crippen LogP contribution in [-0.4, -0.2) is 10.1 Å². The summed E-state index contributed by atoms with van der Waals surface area (Å²) in [5, 5.41) is 9.81. The van der Waals surface area contributed by atoms with Crippen molar-refractivity contribution in [1.82, 2.24) is 4.98 Å². The molecule has 0 atom stereocenters. The molecule has 3 heteroatoms. The minimum Gasteiger partial charge on any atom is -0.504 e. The number of H-pyrrole nitrogens is 1. The third-order valence-corrected chi connectivity index (χ3v) is 2.65. The van der Waals surface area contributed by atoms with Crippen LogP contribution in [0.25, 0.3) is 16.7 Å². The van der Waals surface area contributed by atoms with Crippen molar-refractivity contribution in [3.63, 3.8) is 0 Å². The van der Waals surface area contributed by atoms with Gasteiger partial charge in [-0.3, -0.25) is 0 Å². The van der Waals surface area contributed by atoms with E-state index in [1.165, 1.54) is 0 Å². The van der Waals surface area contributed by atoms with E-state index in [2.05, 4.69) is 4.98 Å². The van der Waals surface area contributed by atoms with Crippen LogP contribution in [0.3, 0.4) is 0 Å². The lowest BCUT2D eigenvalue weighted by Gasteiger charge is -1.99. The van der Waals surface area contributed by atoms with Gasteiger partial charge < -0.3 is 5.11 Å². The number of nitrogens with one attached hydrogen (secondary N) is 1.